The highest BCUT2D eigenvalue weighted by Crippen LogP contribution is 2.10. The second kappa shape index (κ2) is 12.4. The van der Waals surface area contributed by atoms with Gasteiger partial charge >= 0.3 is 0 Å². The van der Waals surface area contributed by atoms with Gasteiger partial charge in [-0.05, 0) is 43.4 Å². The molecule has 0 bridgehead atoms. The molecule has 0 unspecified atom stereocenters. The Labute approximate surface area is 176 Å². The summed E-state index contributed by atoms with van der Waals surface area (Å²) in [5.41, 5.74) is 1.35. The summed E-state index contributed by atoms with van der Waals surface area (Å²) in [5.74, 6) is 1.87. The number of nitrogens with zero attached hydrogens (tertiary/aromatic N) is 3. The van der Waals surface area contributed by atoms with Crippen LogP contribution in [0, 0.1) is 0 Å². The maximum absolute atomic E-state index is 12.0. The quantitative estimate of drug-likeness (QED) is 0.435. The van der Waals surface area contributed by atoms with Gasteiger partial charge in [-0.15, -0.1) is 10.2 Å². The van der Waals surface area contributed by atoms with Gasteiger partial charge in [0.1, 0.15) is 5.75 Å². The van der Waals surface area contributed by atoms with Gasteiger partial charge in [-0.3, -0.25) is 9.78 Å². The highest BCUT2D eigenvalue weighted by atomic mass is 16.5. The molecule has 2 heterocycles. The average Bonchev–Trinajstić information content (AvgIpc) is 3.24. The van der Waals surface area contributed by atoms with Crippen LogP contribution in [0.2, 0.25) is 0 Å². The number of aromatic nitrogens is 3. The van der Waals surface area contributed by atoms with Crippen LogP contribution in [0.4, 0.5) is 0 Å². The number of benzene rings is 1. The molecule has 1 aromatic carbocycles. The topological polar surface area (TPSA) is 90.1 Å². The molecule has 0 spiro atoms. The normalized spacial score (nSPS) is 10.7. The fourth-order valence-corrected chi connectivity index (χ4v) is 2.97. The highest BCUT2D eigenvalue weighted by molar-refractivity contribution is 5.75. The van der Waals surface area contributed by atoms with E-state index in [9.17, 15) is 4.79 Å². The Kier molecular flexibility index (Phi) is 8.86. The molecule has 0 atom stereocenters. The first-order valence-electron chi connectivity index (χ1n) is 10.4. The minimum absolute atomic E-state index is 0.0287. The predicted octanol–water partition coefficient (Wildman–Crippen LogP) is 3.55. The van der Waals surface area contributed by atoms with Crippen LogP contribution in [0.15, 0.2) is 59.3 Å². The lowest BCUT2D eigenvalue weighted by Crippen LogP contribution is -2.25. The maximum Gasteiger partial charge on any atom is 0.220 e. The second-order valence-electron chi connectivity index (χ2n) is 7.02. The number of nitrogens with one attached hydrogen (secondary N) is 1. The van der Waals surface area contributed by atoms with E-state index in [1.165, 1.54) is 5.56 Å². The molecule has 0 aliphatic rings. The van der Waals surface area contributed by atoms with Crippen LogP contribution in [-0.2, 0) is 24.1 Å². The van der Waals surface area contributed by atoms with E-state index in [1.54, 1.807) is 12.4 Å². The molecule has 0 aliphatic heterocycles. The summed E-state index contributed by atoms with van der Waals surface area (Å²) in [7, 11) is 0. The van der Waals surface area contributed by atoms with E-state index >= 15 is 0 Å². The van der Waals surface area contributed by atoms with Crippen molar-refractivity contribution in [2.75, 3.05) is 13.2 Å². The van der Waals surface area contributed by atoms with Gasteiger partial charge in [0.2, 0.25) is 17.7 Å². The number of carbonyl (C=O) groups is 1. The number of unbranched alkanes of at least 4 members (excludes halogenated alkanes) is 1. The molecule has 1 N–H and O–H groups in total. The smallest absolute Gasteiger partial charge is 0.220 e. The summed E-state index contributed by atoms with van der Waals surface area (Å²) >= 11 is 0. The Morgan fingerprint density at radius 3 is 2.53 bits per heavy atom. The van der Waals surface area contributed by atoms with Crippen molar-refractivity contribution in [3.8, 4) is 5.75 Å². The number of carbonyl (C=O) groups excluding carboxylic acids is 1. The summed E-state index contributed by atoms with van der Waals surface area (Å²) in [6.07, 6.45) is 8.78. The van der Waals surface area contributed by atoms with Gasteiger partial charge in [-0.2, -0.15) is 0 Å². The van der Waals surface area contributed by atoms with Crippen molar-refractivity contribution < 1.29 is 13.9 Å². The van der Waals surface area contributed by atoms with Crippen LogP contribution < -0.4 is 10.1 Å². The third-order valence-electron chi connectivity index (χ3n) is 4.57. The van der Waals surface area contributed by atoms with Crippen molar-refractivity contribution in [1.29, 1.82) is 0 Å². The lowest BCUT2D eigenvalue weighted by Gasteiger charge is -2.06. The van der Waals surface area contributed by atoms with Crippen LogP contribution in [0.5, 0.6) is 5.75 Å². The van der Waals surface area contributed by atoms with Crippen molar-refractivity contribution >= 4 is 5.91 Å². The second-order valence-corrected chi connectivity index (χ2v) is 7.02. The van der Waals surface area contributed by atoms with Crippen LogP contribution >= 0.6 is 0 Å². The molecule has 0 fully saturated rings. The van der Waals surface area contributed by atoms with Gasteiger partial charge in [0, 0.05) is 32.0 Å². The van der Waals surface area contributed by atoms with Gasteiger partial charge in [0.05, 0.1) is 12.8 Å². The van der Waals surface area contributed by atoms with E-state index in [1.807, 2.05) is 18.2 Å². The van der Waals surface area contributed by atoms with Crippen molar-refractivity contribution in [1.82, 2.24) is 20.5 Å². The van der Waals surface area contributed by atoms with Crippen LogP contribution in [0.1, 0.15) is 43.0 Å². The molecule has 0 aliphatic carbocycles. The summed E-state index contributed by atoms with van der Waals surface area (Å²) < 4.78 is 11.2. The zero-order valence-electron chi connectivity index (χ0n) is 17.1. The number of aryl methyl sites for hydroxylation is 3. The zero-order valence-corrected chi connectivity index (χ0v) is 17.1. The summed E-state index contributed by atoms with van der Waals surface area (Å²) in [4.78, 5) is 15.9. The van der Waals surface area contributed by atoms with E-state index in [2.05, 4.69) is 44.8 Å². The first kappa shape index (κ1) is 21.5. The molecule has 0 saturated heterocycles. The fourth-order valence-electron chi connectivity index (χ4n) is 2.97. The monoisotopic (exact) mass is 408 g/mol. The first-order valence-corrected chi connectivity index (χ1v) is 10.4. The number of amides is 1. The Morgan fingerprint density at radius 1 is 0.933 bits per heavy atom. The highest BCUT2D eigenvalue weighted by Gasteiger charge is 2.09. The molecule has 3 aromatic rings. The largest absolute Gasteiger partial charge is 0.492 e. The zero-order chi connectivity index (χ0) is 20.9. The third kappa shape index (κ3) is 8.03. The molecule has 1 amide bonds. The Bertz CT molecular complexity index is 868. The van der Waals surface area contributed by atoms with Gasteiger partial charge in [0.15, 0.2) is 0 Å². The molecule has 7 nitrogen and oxygen atoms in total. The molecule has 0 saturated carbocycles. The number of pyridine rings is 1. The minimum atomic E-state index is -0.0287. The lowest BCUT2D eigenvalue weighted by molar-refractivity contribution is -0.121. The minimum Gasteiger partial charge on any atom is -0.492 e. The third-order valence-corrected chi connectivity index (χ3v) is 4.57. The predicted molar refractivity (Wildman–Crippen MR) is 113 cm³/mol. The Balaban J connectivity index is 1.23. The lowest BCUT2D eigenvalue weighted by atomic mass is 10.1. The molecule has 2 aromatic heterocycles. The van der Waals surface area contributed by atoms with E-state index < -0.39 is 0 Å². The Morgan fingerprint density at radius 2 is 1.73 bits per heavy atom. The molecule has 0 radical (unpaired) electrons. The van der Waals surface area contributed by atoms with Crippen molar-refractivity contribution in [2.45, 2.75) is 44.9 Å². The fraction of sp³-hybridized carbons (Fsp3) is 0.391. The summed E-state index contributed by atoms with van der Waals surface area (Å²) in [6.45, 7) is 1.10. The molecule has 3 rings (SSSR count). The molecule has 7 heteroatoms. The first-order chi connectivity index (χ1) is 14.8. The van der Waals surface area contributed by atoms with E-state index in [0.717, 1.165) is 37.9 Å². The van der Waals surface area contributed by atoms with Gasteiger partial charge < -0.3 is 14.5 Å². The standard InChI is InChI=1S/C23H28N4O3/c28-21(25-16-7-17-29-20-11-6-15-24-18-20)13-14-23-27-26-22(30-23)12-5-4-10-19-8-2-1-3-9-19/h1-3,6,8-9,11,15,18H,4-5,7,10,12-14,16-17H2,(H,25,28). The van der Waals surface area contributed by atoms with Crippen LogP contribution in [-0.4, -0.2) is 34.2 Å². The van der Waals surface area contributed by atoms with Gasteiger partial charge in [-0.1, -0.05) is 30.3 Å². The number of ether oxygens (including phenoxy) is 1. The molecular formula is C23H28N4O3. The van der Waals surface area contributed by atoms with E-state index in [-0.39, 0.29) is 5.91 Å². The number of hydrogen-bond donors (Lipinski definition) is 1. The molecule has 30 heavy (non-hydrogen) atoms. The van der Waals surface area contributed by atoms with E-state index in [4.69, 9.17) is 9.15 Å². The Hall–Kier alpha value is -3.22. The SMILES string of the molecule is O=C(CCc1nnc(CCCCc2ccccc2)o1)NCCCOc1cccnc1. The number of hydrogen-bond acceptors (Lipinski definition) is 6. The number of rotatable bonds is 13. The summed E-state index contributed by atoms with van der Waals surface area (Å²) in [6, 6.07) is 14.1. The van der Waals surface area contributed by atoms with Crippen LogP contribution in [0.3, 0.4) is 0 Å². The van der Waals surface area contributed by atoms with E-state index in [0.29, 0.717) is 37.8 Å². The maximum atomic E-state index is 12.0. The van der Waals surface area contributed by atoms with Gasteiger partial charge in [0.25, 0.3) is 0 Å². The molecular weight excluding hydrogens is 380 g/mol. The summed E-state index contributed by atoms with van der Waals surface area (Å²) in [5, 5.41) is 11.0. The van der Waals surface area contributed by atoms with Gasteiger partial charge in [-0.25, -0.2) is 0 Å². The molecule has 158 valence electrons. The average molecular weight is 409 g/mol. The van der Waals surface area contributed by atoms with Crippen molar-refractivity contribution in [3.63, 3.8) is 0 Å². The van der Waals surface area contributed by atoms with Crippen molar-refractivity contribution in [3.05, 3.63) is 72.2 Å². The van der Waals surface area contributed by atoms with Crippen molar-refractivity contribution in [2.24, 2.45) is 0 Å². The van der Waals surface area contributed by atoms with Crippen LogP contribution in [0.25, 0.3) is 0 Å².